The molecule has 138 valence electrons. The van der Waals surface area contributed by atoms with E-state index in [4.69, 9.17) is 18.9 Å². The Bertz CT molecular complexity index is 776. The maximum Gasteiger partial charge on any atom is 0.238 e. The highest BCUT2D eigenvalue weighted by molar-refractivity contribution is 9.09. The van der Waals surface area contributed by atoms with Crippen LogP contribution in [0.1, 0.15) is 11.6 Å². The van der Waals surface area contributed by atoms with Crippen LogP contribution in [0, 0.1) is 0 Å². The number of carbonyl (C=O) groups excluding carboxylic acids is 1. The van der Waals surface area contributed by atoms with Crippen LogP contribution in [-0.2, 0) is 4.79 Å². The Hall–Kier alpha value is -2.41. The summed E-state index contributed by atoms with van der Waals surface area (Å²) in [6.07, 6.45) is 0. The molecule has 1 amide bonds. The molecule has 6 nitrogen and oxygen atoms in total. The molecule has 1 unspecified atom stereocenters. The smallest absolute Gasteiger partial charge is 0.238 e. The first-order valence-corrected chi connectivity index (χ1v) is 9.15. The summed E-state index contributed by atoms with van der Waals surface area (Å²) in [5, 5.41) is 0.189. The Balaban J connectivity index is 2.10. The second kappa shape index (κ2) is 7.86. The van der Waals surface area contributed by atoms with E-state index in [9.17, 15) is 4.79 Å². The lowest BCUT2D eigenvalue weighted by Gasteiger charge is -2.38. The summed E-state index contributed by atoms with van der Waals surface area (Å²) in [6, 6.07) is 10.8. The van der Waals surface area contributed by atoms with Crippen LogP contribution in [0.15, 0.2) is 36.4 Å². The Kier molecular flexibility index (Phi) is 5.56. The van der Waals surface area contributed by atoms with Crippen molar-refractivity contribution in [2.24, 2.45) is 0 Å². The van der Waals surface area contributed by atoms with Crippen molar-refractivity contribution in [3.05, 3.63) is 42.0 Å². The Morgan fingerprint density at radius 3 is 2.38 bits per heavy atom. The molecule has 1 heterocycles. The van der Waals surface area contributed by atoms with Crippen LogP contribution in [-0.4, -0.2) is 39.2 Å². The summed E-state index contributed by atoms with van der Waals surface area (Å²) in [6.45, 7) is 0.328. The molecule has 0 fully saturated rings. The third-order valence-electron chi connectivity index (χ3n) is 4.30. The lowest BCUT2D eigenvalue weighted by molar-refractivity contribution is -0.117. The molecule has 1 atom stereocenters. The average Bonchev–Trinajstić information content (AvgIpc) is 2.71. The highest BCUT2D eigenvalue weighted by Gasteiger charge is 2.36. The first-order chi connectivity index (χ1) is 12.6. The fourth-order valence-corrected chi connectivity index (χ4v) is 3.28. The van der Waals surface area contributed by atoms with Crippen molar-refractivity contribution in [2.75, 3.05) is 38.2 Å². The fraction of sp³-hybridized carbons (Fsp3) is 0.316. The summed E-state index contributed by atoms with van der Waals surface area (Å²) in [5.41, 5.74) is 1.55. The van der Waals surface area contributed by atoms with Crippen LogP contribution in [0.4, 0.5) is 5.69 Å². The minimum Gasteiger partial charge on any atom is -0.497 e. The van der Waals surface area contributed by atoms with Gasteiger partial charge in [0.25, 0.3) is 0 Å². The molecule has 0 saturated heterocycles. The monoisotopic (exact) mass is 421 g/mol. The molecule has 1 aliphatic heterocycles. The number of hydrogen-bond acceptors (Lipinski definition) is 5. The number of ether oxygens (including phenoxy) is 4. The van der Waals surface area contributed by atoms with Gasteiger partial charge in [0, 0.05) is 12.1 Å². The van der Waals surface area contributed by atoms with E-state index in [1.165, 1.54) is 0 Å². The fourth-order valence-electron chi connectivity index (χ4n) is 3.01. The van der Waals surface area contributed by atoms with E-state index in [1.54, 1.807) is 38.4 Å². The number of hydrogen-bond donors (Lipinski definition) is 0. The number of rotatable bonds is 5. The Morgan fingerprint density at radius 2 is 1.81 bits per heavy atom. The Labute approximate surface area is 160 Å². The van der Waals surface area contributed by atoms with Crippen LogP contribution >= 0.6 is 15.9 Å². The molecular formula is C19H20BrNO5. The number of fused-ring (bicyclic) bond motifs is 1. The zero-order valence-electron chi connectivity index (χ0n) is 14.8. The quantitative estimate of drug-likeness (QED) is 0.690. The van der Waals surface area contributed by atoms with Gasteiger partial charge in [-0.25, -0.2) is 0 Å². The molecule has 0 spiro atoms. The SMILES string of the molecule is COc1ccc(C2COc3cc(OC)cc(OC)c3N2C(=O)CBr)cc1. The summed E-state index contributed by atoms with van der Waals surface area (Å²) in [4.78, 5) is 14.5. The number of nitrogens with zero attached hydrogens (tertiary/aromatic N) is 1. The predicted molar refractivity (Wildman–Crippen MR) is 102 cm³/mol. The molecule has 3 rings (SSSR count). The number of benzene rings is 2. The third kappa shape index (κ3) is 3.31. The minimum absolute atomic E-state index is 0.0844. The van der Waals surface area contributed by atoms with Crippen LogP contribution in [0.5, 0.6) is 23.0 Å². The summed E-state index contributed by atoms with van der Waals surface area (Å²) in [7, 11) is 4.75. The first kappa shape index (κ1) is 18.4. The molecule has 2 aromatic rings. The second-order valence-electron chi connectivity index (χ2n) is 5.67. The number of halogens is 1. The predicted octanol–water partition coefficient (Wildman–Crippen LogP) is 3.57. The topological polar surface area (TPSA) is 57.2 Å². The van der Waals surface area contributed by atoms with Gasteiger partial charge in [0.15, 0.2) is 5.75 Å². The van der Waals surface area contributed by atoms with Gasteiger partial charge in [-0.15, -0.1) is 0 Å². The van der Waals surface area contributed by atoms with E-state index in [2.05, 4.69) is 15.9 Å². The van der Waals surface area contributed by atoms with Gasteiger partial charge >= 0.3 is 0 Å². The van der Waals surface area contributed by atoms with E-state index in [0.717, 1.165) is 11.3 Å². The molecule has 0 N–H and O–H groups in total. The first-order valence-electron chi connectivity index (χ1n) is 8.03. The van der Waals surface area contributed by atoms with Gasteiger partial charge in [0.1, 0.15) is 29.5 Å². The zero-order valence-corrected chi connectivity index (χ0v) is 16.4. The maximum atomic E-state index is 12.8. The molecule has 0 bridgehead atoms. The molecule has 0 radical (unpaired) electrons. The van der Waals surface area contributed by atoms with E-state index in [-0.39, 0.29) is 17.3 Å². The van der Waals surface area contributed by atoms with Crippen molar-refractivity contribution < 1.29 is 23.7 Å². The van der Waals surface area contributed by atoms with Gasteiger partial charge in [-0.2, -0.15) is 0 Å². The average molecular weight is 422 g/mol. The zero-order chi connectivity index (χ0) is 18.7. The van der Waals surface area contributed by atoms with Gasteiger partial charge in [-0.05, 0) is 17.7 Å². The third-order valence-corrected chi connectivity index (χ3v) is 4.78. The van der Waals surface area contributed by atoms with E-state index >= 15 is 0 Å². The van der Waals surface area contributed by atoms with Crippen molar-refractivity contribution in [1.29, 1.82) is 0 Å². The summed E-state index contributed by atoms with van der Waals surface area (Å²) < 4.78 is 22.0. The van der Waals surface area contributed by atoms with E-state index in [1.807, 2.05) is 24.3 Å². The Morgan fingerprint density at radius 1 is 1.12 bits per heavy atom. The van der Waals surface area contributed by atoms with Crippen molar-refractivity contribution in [2.45, 2.75) is 6.04 Å². The molecule has 0 saturated carbocycles. The molecule has 2 aromatic carbocycles. The van der Waals surface area contributed by atoms with Gasteiger partial charge < -0.3 is 18.9 Å². The number of amides is 1. The van der Waals surface area contributed by atoms with Gasteiger partial charge in [-0.3, -0.25) is 9.69 Å². The van der Waals surface area contributed by atoms with Gasteiger partial charge in [0.2, 0.25) is 5.91 Å². The van der Waals surface area contributed by atoms with Crippen LogP contribution < -0.4 is 23.8 Å². The second-order valence-corrected chi connectivity index (χ2v) is 6.23. The number of anilines is 1. The van der Waals surface area contributed by atoms with Gasteiger partial charge in [0.05, 0.1) is 32.7 Å². The largest absolute Gasteiger partial charge is 0.497 e. The standard InChI is InChI=1S/C19H20BrNO5/c1-23-13-6-4-12(5-7-13)15-11-26-17-9-14(24-2)8-16(25-3)19(17)21(15)18(22)10-20/h4-9,15H,10-11H2,1-3H3. The van der Waals surface area contributed by atoms with Crippen LogP contribution in [0.2, 0.25) is 0 Å². The normalized spacial score (nSPS) is 15.7. The lowest BCUT2D eigenvalue weighted by Crippen LogP contribution is -2.42. The number of alkyl halides is 1. The van der Waals surface area contributed by atoms with Crippen molar-refractivity contribution in [3.63, 3.8) is 0 Å². The van der Waals surface area contributed by atoms with Crippen LogP contribution in [0.25, 0.3) is 0 Å². The summed E-state index contributed by atoms with van der Waals surface area (Å²) >= 11 is 3.28. The molecular weight excluding hydrogens is 402 g/mol. The highest BCUT2D eigenvalue weighted by Crippen LogP contribution is 2.48. The molecule has 1 aliphatic rings. The highest BCUT2D eigenvalue weighted by atomic mass is 79.9. The maximum absolute atomic E-state index is 12.8. The van der Waals surface area contributed by atoms with Gasteiger partial charge in [-0.1, -0.05) is 28.1 Å². The molecule has 7 heteroatoms. The molecule has 0 aromatic heterocycles. The minimum atomic E-state index is -0.277. The van der Waals surface area contributed by atoms with Crippen LogP contribution in [0.3, 0.4) is 0 Å². The molecule has 26 heavy (non-hydrogen) atoms. The summed E-state index contributed by atoms with van der Waals surface area (Å²) in [5.74, 6) is 2.35. The lowest BCUT2D eigenvalue weighted by atomic mass is 10.0. The van der Waals surface area contributed by atoms with Crippen molar-refractivity contribution >= 4 is 27.5 Å². The van der Waals surface area contributed by atoms with E-state index < -0.39 is 0 Å². The number of methoxy groups -OCH3 is 3. The van der Waals surface area contributed by atoms with Crippen molar-refractivity contribution in [3.8, 4) is 23.0 Å². The molecule has 0 aliphatic carbocycles. The van der Waals surface area contributed by atoms with Crippen molar-refractivity contribution in [1.82, 2.24) is 0 Å². The van der Waals surface area contributed by atoms with E-state index in [0.29, 0.717) is 29.5 Å². The number of carbonyl (C=O) groups is 1.